The molecule has 0 saturated heterocycles. The lowest BCUT2D eigenvalue weighted by Gasteiger charge is -2.09. The molecule has 0 fully saturated rings. The van der Waals surface area contributed by atoms with E-state index in [0.717, 1.165) is 10.1 Å². The second-order valence-corrected chi connectivity index (χ2v) is 6.04. The zero-order valence-electron chi connectivity index (χ0n) is 14.1. The van der Waals surface area contributed by atoms with E-state index < -0.39 is 12.0 Å². The number of amides is 1. The fourth-order valence-corrected chi connectivity index (χ4v) is 2.32. The summed E-state index contributed by atoms with van der Waals surface area (Å²) in [5, 5.41) is 6.33. The molecule has 9 heteroatoms. The number of aromatic nitrogens is 4. The van der Waals surface area contributed by atoms with Gasteiger partial charge in [0.25, 0.3) is 11.6 Å². The van der Waals surface area contributed by atoms with Crippen molar-refractivity contribution in [2.75, 3.05) is 0 Å². The Kier molecular flexibility index (Phi) is 4.62. The number of hydrogen-bond acceptors (Lipinski definition) is 4. The highest BCUT2D eigenvalue weighted by Gasteiger charge is 2.36. The van der Waals surface area contributed by atoms with Crippen LogP contribution in [0, 0.1) is 5.92 Å². The van der Waals surface area contributed by atoms with Crippen LogP contribution in [-0.2, 0) is 17.5 Å². The Balaban J connectivity index is 1.87. The fraction of sp³-hybridized carbons (Fsp3) is 0.294. The molecule has 6 nitrogen and oxygen atoms in total. The van der Waals surface area contributed by atoms with E-state index in [1.807, 2.05) is 0 Å². The van der Waals surface area contributed by atoms with Gasteiger partial charge in [0, 0.05) is 24.2 Å². The van der Waals surface area contributed by atoms with E-state index in [2.05, 4.69) is 20.4 Å². The van der Waals surface area contributed by atoms with Gasteiger partial charge in [0.2, 0.25) is 5.91 Å². The molecule has 0 aliphatic rings. The van der Waals surface area contributed by atoms with Gasteiger partial charge < -0.3 is 5.32 Å². The SMILES string of the molecule is CC(C)C(=O)NCc1ccc(-c2ccnc3nc(C(F)(F)F)nn23)cc1. The normalized spacial score (nSPS) is 11.9. The first kappa shape index (κ1) is 17.8. The molecule has 2 aromatic heterocycles. The van der Waals surface area contributed by atoms with Crippen LogP contribution in [-0.4, -0.2) is 25.5 Å². The Morgan fingerprint density at radius 2 is 1.88 bits per heavy atom. The van der Waals surface area contributed by atoms with Crippen molar-refractivity contribution < 1.29 is 18.0 Å². The Hall–Kier alpha value is -2.97. The molecule has 1 N–H and O–H groups in total. The summed E-state index contributed by atoms with van der Waals surface area (Å²) >= 11 is 0. The van der Waals surface area contributed by atoms with Crippen molar-refractivity contribution in [3.63, 3.8) is 0 Å². The minimum atomic E-state index is -4.64. The largest absolute Gasteiger partial charge is 0.453 e. The molecular formula is C17H16F3N5O. The number of hydrogen-bond donors (Lipinski definition) is 1. The molecule has 1 amide bonds. The van der Waals surface area contributed by atoms with E-state index in [4.69, 9.17) is 0 Å². The molecular weight excluding hydrogens is 347 g/mol. The molecule has 3 aromatic rings. The third-order valence-corrected chi connectivity index (χ3v) is 3.74. The van der Waals surface area contributed by atoms with Gasteiger partial charge >= 0.3 is 6.18 Å². The van der Waals surface area contributed by atoms with Crippen LogP contribution in [0.25, 0.3) is 17.0 Å². The van der Waals surface area contributed by atoms with E-state index >= 15 is 0 Å². The molecule has 136 valence electrons. The van der Waals surface area contributed by atoms with Crippen molar-refractivity contribution in [3.8, 4) is 11.3 Å². The van der Waals surface area contributed by atoms with E-state index in [-0.39, 0.29) is 17.6 Å². The van der Waals surface area contributed by atoms with Gasteiger partial charge in [-0.3, -0.25) is 4.79 Å². The molecule has 0 aliphatic carbocycles. The van der Waals surface area contributed by atoms with Gasteiger partial charge in [-0.1, -0.05) is 38.1 Å². The summed E-state index contributed by atoms with van der Waals surface area (Å²) in [6, 6.07) is 8.66. The Morgan fingerprint density at radius 1 is 1.19 bits per heavy atom. The van der Waals surface area contributed by atoms with Gasteiger partial charge in [-0.15, -0.1) is 5.10 Å². The lowest BCUT2D eigenvalue weighted by atomic mass is 10.1. The fourth-order valence-electron chi connectivity index (χ4n) is 2.32. The predicted octanol–water partition coefficient (Wildman–Crippen LogP) is 3.08. The second kappa shape index (κ2) is 6.74. The average Bonchev–Trinajstić information content (AvgIpc) is 3.04. The number of alkyl halides is 3. The molecule has 3 rings (SSSR count). The highest BCUT2D eigenvalue weighted by Crippen LogP contribution is 2.27. The maximum absolute atomic E-state index is 12.8. The van der Waals surface area contributed by atoms with Gasteiger partial charge in [-0.2, -0.15) is 22.7 Å². The summed E-state index contributed by atoms with van der Waals surface area (Å²) in [5.41, 5.74) is 1.98. The number of nitrogens with one attached hydrogen (secondary N) is 1. The summed E-state index contributed by atoms with van der Waals surface area (Å²) in [4.78, 5) is 18.9. The number of fused-ring (bicyclic) bond motifs is 1. The lowest BCUT2D eigenvalue weighted by molar-refractivity contribution is -0.144. The molecule has 0 saturated carbocycles. The number of benzene rings is 1. The Bertz CT molecular complexity index is 932. The molecule has 0 bridgehead atoms. The van der Waals surface area contributed by atoms with Gasteiger partial charge in [0.15, 0.2) is 0 Å². The highest BCUT2D eigenvalue weighted by atomic mass is 19.4. The van der Waals surface area contributed by atoms with Crippen molar-refractivity contribution in [2.45, 2.75) is 26.6 Å². The monoisotopic (exact) mass is 363 g/mol. The first-order valence-corrected chi connectivity index (χ1v) is 7.91. The van der Waals surface area contributed by atoms with Gasteiger partial charge in [0.1, 0.15) is 0 Å². The summed E-state index contributed by atoms with van der Waals surface area (Å²) in [7, 11) is 0. The quantitative estimate of drug-likeness (QED) is 0.773. The van der Waals surface area contributed by atoms with Crippen LogP contribution in [0.5, 0.6) is 0 Å². The Morgan fingerprint density at radius 3 is 2.50 bits per heavy atom. The van der Waals surface area contributed by atoms with Crippen LogP contribution in [0.4, 0.5) is 13.2 Å². The maximum atomic E-state index is 12.8. The van der Waals surface area contributed by atoms with E-state index in [1.54, 1.807) is 44.2 Å². The third-order valence-electron chi connectivity index (χ3n) is 3.74. The standard InChI is InChI=1S/C17H16F3N5O/c1-10(2)14(26)22-9-11-3-5-12(6-4-11)13-7-8-21-16-23-15(17(18,19)20)24-25(13)16/h3-8,10H,9H2,1-2H3,(H,22,26). The third kappa shape index (κ3) is 3.66. The molecule has 26 heavy (non-hydrogen) atoms. The van der Waals surface area contributed by atoms with Crippen molar-refractivity contribution >= 4 is 11.7 Å². The predicted molar refractivity (Wildman–Crippen MR) is 87.9 cm³/mol. The number of nitrogens with zero attached hydrogens (tertiary/aromatic N) is 4. The van der Waals surface area contributed by atoms with Crippen LogP contribution in [0.2, 0.25) is 0 Å². The van der Waals surface area contributed by atoms with E-state index in [0.29, 0.717) is 17.8 Å². The maximum Gasteiger partial charge on any atom is 0.453 e. The first-order chi connectivity index (χ1) is 12.3. The van der Waals surface area contributed by atoms with E-state index in [9.17, 15) is 18.0 Å². The van der Waals surface area contributed by atoms with Crippen LogP contribution in [0.1, 0.15) is 25.2 Å². The van der Waals surface area contributed by atoms with Crippen LogP contribution < -0.4 is 5.32 Å². The van der Waals surface area contributed by atoms with E-state index in [1.165, 1.54) is 6.20 Å². The second-order valence-electron chi connectivity index (χ2n) is 6.04. The van der Waals surface area contributed by atoms with Gasteiger partial charge in [-0.25, -0.2) is 4.98 Å². The molecule has 0 atom stereocenters. The van der Waals surface area contributed by atoms with Crippen molar-refractivity contribution in [2.24, 2.45) is 5.92 Å². The van der Waals surface area contributed by atoms with Gasteiger partial charge in [0.05, 0.1) is 5.69 Å². The number of carbonyl (C=O) groups is 1. The minimum absolute atomic E-state index is 0.0489. The average molecular weight is 363 g/mol. The summed E-state index contributed by atoms with van der Waals surface area (Å²) < 4.78 is 39.5. The molecule has 1 aromatic carbocycles. The zero-order valence-corrected chi connectivity index (χ0v) is 14.1. The topological polar surface area (TPSA) is 72.2 Å². The molecule has 2 heterocycles. The molecule has 0 radical (unpaired) electrons. The molecule has 0 spiro atoms. The molecule has 0 aliphatic heterocycles. The van der Waals surface area contributed by atoms with Crippen molar-refractivity contribution in [3.05, 3.63) is 47.9 Å². The van der Waals surface area contributed by atoms with Crippen LogP contribution in [0.15, 0.2) is 36.5 Å². The lowest BCUT2D eigenvalue weighted by Crippen LogP contribution is -2.27. The Labute approximate surface area is 147 Å². The highest BCUT2D eigenvalue weighted by molar-refractivity contribution is 5.77. The summed E-state index contributed by atoms with van der Waals surface area (Å²) in [6.07, 6.45) is -3.25. The molecule has 0 unspecified atom stereocenters. The number of rotatable bonds is 4. The van der Waals surface area contributed by atoms with Gasteiger partial charge in [-0.05, 0) is 11.6 Å². The van der Waals surface area contributed by atoms with Crippen LogP contribution in [0.3, 0.4) is 0 Å². The van der Waals surface area contributed by atoms with Crippen LogP contribution >= 0.6 is 0 Å². The first-order valence-electron chi connectivity index (χ1n) is 7.91. The van der Waals surface area contributed by atoms with Crippen molar-refractivity contribution in [1.82, 2.24) is 24.9 Å². The van der Waals surface area contributed by atoms with Crippen molar-refractivity contribution in [1.29, 1.82) is 0 Å². The smallest absolute Gasteiger partial charge is 0.352 e. The summed E-state index contributed by atoms with van der Waals surface area (Å²) in [5.74, 6) is -1.50. The zero-order chi connectivity index (χ0) is 18.9. The summed E-state index contributed by atoms with van der Waals surface area (Å²) in [6.45, 7) is 3.99. The number of halogens is 3. The minimum Gasteiger partial charge on any atom is -0.352 e. The number of carbonyl (C=O) groups excluding carboxylic acids is 1.